The number of hydrogen-bond acceptors (Lipinski definition) is 2. The molecule has 0 saturated carbocycles. The van der Waals surface area contributed by atoms with Crippen LogP contribution in [-0.4, -0.2) is 17.7 Å². The number of rotatable bonds is 2. The lowest BCUT2D eigenvalue weighted by Gasteiger charge is -2.18. The van der Waals surface area contributed by atoms with Crippen molar-refractivity contribution in [3.8, 4) is 0 Å². The van der Waals surface area contributed by atoms with Crippen molar-refractivity contribution in [2.45, 2.75) is 25.0 Å². The molecule has 1 aliphatic rings. The van der Waals surface area contributed by atoms with Crippen molar-refractivity contribution in [1.82, 2.24) is 4.98 Å². The zero-order chi connectivity index (χ0) is 13.5. The van der Waals surface area contributed by atoms with Gasteiger partial charge in [0.25, 0.3) is 0 Å². The summed E-state index contributed by atoms with van der Waals surface area (Å²) < 4.78 is 5.72. The summed E-state index contributed by atoms with van der Waals surface area (Å²) in [6.07, 6.45) is 2.35. The van der Waals surface area contributed by atoms with Gasteiger partial charge in [-0.3, -0.25) is 0 Å². The second-order valence-electron chi connectivity index (χ2n) is 5.55. The summed E-state index contributed by atoms with van der Waals surface area (Å²) in [5, 5.41) is 2.50. The molecule has 2 unspecified atom stereocenters. The molecule has 3 nitrogen and oxygen atoms in total. The van der Waals surface area contributed by atoms with Crippen molar-refractivity contribution in [1.29, 1.82) is 0 Å². The van der Waals surface area contributed by atoms with Gasteiger partial charge in [-0.1, -0.05) is 24.3 Å². The molecular formula is C17H18N2O. The molecule has 2 heterocycles. The minimum Gasteiger partial charge on any atom is -0.376 e. The summed E-state index contributed by atoms with van der Waals surface area (Å²) in [5.41, 5.74) is 9.86. The first-order valence-corrected chi connectivity index (χ1v) is 7.20. The Hall–Kier alpha value is -1.84. The van der Waals surface area contributed by atoms with Crippen LogP contribution in [0.5, 0.6) is 0 Å². The number of hydrogen-bond donors (Lipinski definition) is 2. The second-order valence-corrected chi connectivity index (χ2v) is 5.55. The van der Waals surface area contributed by atoms with Gasteiger partial charge in [0.05, 0.1) is 12.1 Å². The summed E-state index contributed by atoms with van der Waals surface area (Å²) in [6, 6.07) is 14.8. The molecule has 2 atom stereocenters. The normalized spacial score (nSPS) is 20.8. The van der Waals surface area contributed by atoms with Crippen LogP contribution in [0.3, 0.4) is 0 Å². The van der Waals surface area contributed by atoms with Gasteiger partial charge >= 0.3 is 0 Å². The van der Waals surface area contributed by atoms with E-state index in [0.717, 1.165) is 30.5 Å². The predicted octanol–water partition coefficient (Wildman–Crippen LogP) is 3.50. The Balaban J connectivity index is 1.82. The molecule has 0 radical (unpaired) electrons. The number of nitrogens with two attached hydrogens (primary N) is 1. The van der Waals surface area contributed by atoms with E-state index in [9.17, 15) is 0 Å². The van der Waals surface area contributed by atoms with Crippen molar-refractivity contribution in [3.05, 3.63) is 48.0 Å². The lowest BCUT2D eigenvalue weighted by Crippen LogP contribution is -2.25. The summed E-state index contributed by atoms with van der Waals surface area (Å²) in [7, 11) is 0. The molecule has 4 rings (SSSR count). The number of para-hydroxylation sites is 1. The van der Waals surface area contributed by atoms with Crippen LogP contribution in [0.2, 0.25) is 0 Å². The van der Waals surface area contributed by atoms with Gasteiger partial charge in [-0.25, -0.2) is 0 Å². The first-order valence-electron chi connectivity index (χ1n) is 7.20. The quantitative estimate of drug-likeness (QED) is 0.746. The molecule has 0 aliphatic carbocycles. The van der Waals surface area contributed by atoms with Crippen LogP contribution in [0, 0.1) is 0 Å². The fourth-order valence-electron chi connectivity index (χ4n) is 3.17. The number of H-pyrrole nitrogens is 1. The molecule has 0 amide bonds. The number of aromatic nitrogens is 1. The van der Waals surface area contributed by atoms with Crippen LogP contribution in [0.1, 0.15) is 24.4 Å². The van der Waals surface area contributed by atoms with E-state index in [-0.39, 0.29) is 12.1 Å². The average molecular weight is 266 g/mol. The van der Waals surface area contributed by atoms with Crippen LogP contribution in [0.15, 0.2) is 42.5 Å². The zero-order valence-corrected chi connectivity index (χ0v) is 11.3. The van der Waals surface area contributed by atoms with Gasteiger partial charge in [-0.05, 0) is 36.6 Å². The van der Waals surface area contributed by atoms with E-state index < -0.39 is 0 Å². The van der Waals surface area contributed by atoms with E-state index in [1.54, 1.807) is 0 Å². The highest BCUT2D eigenvalue weighted by atomic mass is 16.5. The third kappa shape index (κ3) is 1.82. The van der Waals surface area contributed by atoms with Gasteiger partial charge in [-0.15, -0.1) is 0 Å². The number of nitrogens with one attached hydrogen (secondary N) is 1. The van der Waals surface area contributed by atoms with Crippen molar-refractivity contribution >= 4 is 21.8 Å². The molecule has 1 fully saturated rings. The van der Waals surface area contributed by atoms with E-state index >= 15 is 0 Å². The maximum absolute atomic E-state index is 6.37. The van der Waals surface area contributed by atoms with E-state index in [1.165, 1.54) is 16.3 Å². The zero-order valence-electron chi connectivity index (χ0n) is 11.3. The molecule has 3 N–H and O–H groups in total. The van der Waals surface area contributed by atoms with Crippen LogP contribution in [-0.2, 0) is 4.74 Å². The Kier molecular flexibility index (Phi) is 2.76. The van der Waals surface area contributed by atoms with Crippen molar-refractivity contribution in [2.24, 2.45) is 5.73 Å². The maximum atomic E-state index is 6.37. The second kappa shape index (κ2) is 4.62. The Morgan fingerprint density at radius 1 is 1.10 bits per heavy atom. The van der Waals surface area contributed by atoms with Crippen LogP contribution < -0.4 is 5.73 Å². The SMILES string of the molecule is NC(c1ccc2[nH]c3ccccc3c2c1)C1CCCO1. The van der Waals surface area contributed by atoms with Crippen LogP contribution >= 0.6 is 0 Å². The number of aromatic amines is 1. The molecule has 1 aromatic heterocycles. The number of fused-ring (bicyclic) bond motifs is 3. The maximum Gasteiger partial charge on any atom is 0.0768 e. The Morgan fingerprint density at radius 2 is 1.95 bits per heavy atom. The summed E-state index contributed by atoms with van der Waals surface area (Å²) in [6.45, 7) is 0.841. The Morgan fingerprint density at radius 3 is 2.80 bits per heavy atom. The minimum absolute atomic E-state index is 0.0319. The Labute approximate surface area is 117 Å². The molecule has 0 bridgehead atoms. The van der Waals surface area contributed by atoms with Gasteiger partial charge in [0.2, 0.25) is 0 Å². The smallest absolute Gasteiger partial charge is 0.0768 e. The summed E-state index contributed by atoms with van der Waals surface area (Å²) in [4.78, 5) is 3.44. The molecule has 20 heavy (non-hydrogen) atoms. The molecule has 3 heteroatoms. The van der Waals surface area contributed by atoms with Crippen LogP contribution in [0.4, 0.5) is 0 Å². The molecule has 1 saturated heterocycles. The number of benzene rings is 2. The van der Waals surface area contributed by atoms with Gasteiger partial charge in [0.15, 0.2) is 0 Å². The van der Waals surface area contributed by atoms with Gasteiger partial charge < -0.3 is 15.5 Å². The number of ether oxygens (including phenoxy) is 1. The molecular weight excluding hydrogens is 248 g/mol. The monoisotopic (exact) mass is 266 g/mol. The topological polar surface area (TPSA) is 51.0 Å². The first kappa shape index (κ1) is 11.9. The fraction of sp³-hybridized carbons (Fsp3) is 0.294. The van der Waals surface area contributed by atoms with Crippen LogP contribution in [0.25, 0.3) is 21.8 Å². The molecule has 3 aromatic rings. The highest BCUT2D eigenvalue weighted by Gasteiger charge is 2.24. The molecule has 2 aromatic carbocycles. The van der Waals surface area contributed by atoms with E-state index in [1.807, 2.05) is 0 Å². The minimum atomic E-state index is -0.0319. The first-order chi connectivity index (χ1) is 9.83. The van der Waals surface area contributed by atoms with E-state index in [0.29, 0.717) is 0 Å². The van der Waals surface area contributed by atoms with Crippen molar-refractivity contribution in [3.63, 3.8) is 0 Å². The molecule has 1 aliphatic heterocycles. The predicted molar refractivity (Wildman–Crippen MR) is 81.7 cm³/mol. The lowest BCUT2D eigenvalue weighted by molar-refractivity contribution is 0.0901. The highest BCUT2D eigenvalue weighted by molar-refractivity contribution is 6.07. The molecule has 0 spiro atoms. The van der Waals surface area contributed by atoms with E-state index in [4.69, 9.17) is 10.5 Å². The van der Waals surface area contributed by atoms with Crippen molar-refractivity contribution in [2.75, 3.05) is 6.61 Å². The standard InChI is InChI=1S/C17H18N2O/c18-17(16-6-3-9-20-16)11-7-8-15-13(10-11)12-4-1-2-5-14(12)19-15/h1-2,4-5,7-8,10,16-17,19H,3,6,9,18H2. The average Bonchev–Trinajstić information content (AvgIpc) is 3.13. The van der Waals surface area contributed by atoms with Gasteiger partial charge in [0, 0.05) is 28.4 Å². The van der Waals surface area contributed by atoms with Gasteiger partial charge in [-0.2, -0.15) is 0 Å². The lowest BCUT2D eigenvalue weighted by atomic mass is 9.98. The fourth-order valence-corrected chi connectivity index (χ4v) is 3.17. The highest BCUT2D eigenvalue weighted by Crippen LogP contribution is 2.30. The Bertz CT molecular complexity index is 756. The summed E-state index contributed by atoms with van der Waals surface area (Å²) in [5.74, 6) is 0. The summed E-state index contributed by atoms with van der Waals surface area (Å²) >= 11 is 0. The van der Waals surface area contributed by atoms with E-state index in [2.05, 4.69) is 47.4 Å². The largest absolute Gasteiger partial charge is 0.376 e. The van der Waals surface area contributed by atoms with Gasteiger partial charge in [0.1, 0.15) is 0 Å². The third-order valence-corrected chi connectivity index (χ3v) is 4.28. The van der Waals surface area contributed by atoms with Crippen molar-refractivity contribution < 1.29 is 4.74 Å². The third-order valence-electron chi connectivity index (χ3n) is 4.28. The molecule has 102 valence electrons.